The van der Waals surface area contributed by atoms with E-state index >= 15 is 0 Å². The number of fused-ring (bicyclic) bond motifs is 1. The molecule has 166 valence electrons. The molecule has 2 aliphatic rings. The average Bonchev–Trinajstić information content (AvgIpc) is 2.79. The van der Waals surface area contributed by atoms with E-state index in [1.54, 1.807) is 21.9 Å². The summed E-state index contributed by atoms with van der Waals surface area (Å²) in [5, 5.41) is 12.7. The highest BCUT2D eigenvalue weighted by molar-refractivity contribution is 5.87. The molecule has 32 heavy (non-hydrogen) atoms. The monoisotopic (exact) mass is 435 g/mol. The van der Waals surface area contributed by atoms with Crippen LogP contribution in [0.15, 0.2) is 48.5 Å². The molecule has 2 aromatic carbocycles. The summed E-state index contributed by atoms with van der Waals surface area (Å²) in [7, 11) is 0. The van der Waals surface area contributed by atoms with Crippen molar-refractivity contribution in [3.05, 3.63) is 71.0 Å². The van der Waals surface area contributed by atoms with Gasteiger partial charge in [-0.2, -0.15) is 0 Å². The summed E-state index contributed by atoms with van der Waals surface area (Å²) < 4.78 is 13.0. The van der Waals surface area contributed by atoms with Crippen molar-refractivity contribution in [1.82, 2.24) is 15.1 Å². The Balaban J connectivity index is 1.49. The largest absolute Gasteiger partial charge is 0.394 e. The fraction of sp³-hybridized carbons (Fsp3) is 0.360. The zero-order valence-electron chi connectivity index (χ0n) is 17.9. The second kappa shape index (κ2) is 9.41. The number of nitrogens with one attached hydrogen (secondary N) is 1. The third-order valence-electron chi connectivity index (χ3n) is 6.06. The molecule has 0 saturated carbocycles. The third-order valence-corrected chi connectivity index (χ3v) is 6.06. The fourth-order valence-electron chi connectivity index (χ4n) is 4.46. The molecule has 3 amide bonds. The third kappa shape index (κ3) is 4.32. The first-order chi connectivity index (χ1) is 15.5. The van der Waals surface area contributed by atoms with Crippen LogP contribution in [0, 0.1) is 17.7 Å². The smallest absolute Gasteiger partial charge is 0.317 e. The zero-order valence-corrected chi connectivity index (χ0v) is 17.9. The summed E-state index contributed by atoms with van der Waals surface area (Å²) in [5.41, 5.74) is 2.55. The molecule has 0 unspecified atom stereocenters. The first-order valence-electron chi connectivity index (χ1n) is 10.8. The van der Waals surface area contributed by atoms with Gasteiger partial charge in [-0.05, 0) is 48.4 Å². The van der Waals surface area contributed by atoms with Crippen molar-refractivity contribution in [2.45, 2.75) is 31.3 Å². The van der Waals surface area contributed by atoms with Crippen LogP contribution in [0.1, 0.15) is 36.0 Å². The molecule has 2 heterocycles. The Morgan fingerprint density at radius 3 is 2.34 bits per heavy atom. The molecule has 6 nitrogen and oxygen atoms in total. The molecular weight excluding hydrogens is 409 g/mol. The van der Waals surface area contributed by atoms with Crippen molar-refractivity contribution in [1.29, 1.82) is 0 Å². The van der Waals surface area contributed by atoms with Crippen molar-refractivity contribution < 1.29 is 19.1 Å². The van der Waals surface area contributed by atoms with Gasteiger partial charge in [0.1, 0.15) is 12.4 Å². The number of carbonyl (C=O) groups excluding carboxylic acids is 2. The van der Waals surface area contributed by atoms with E-state index in [-0.39, 0.29) is 48.9 Å². The van der Waals surface area contributed by atoms with E-state index in [4.69, 9.17) is 0 Å². The summed E-state index contributed by atoms with van der Waals surface area (Å²) in [6, 6.07) is 13.1. The van der Waals surface area contributed by atoms with Gasteiger partial charge in [0.2, 0.25) is 5.91 Å². The van der Waals surface area contributed by atoms with E-state index < -0.39 is 0 Å². The van der Waals surface area contributed by atoms with Gasteiger partial charge in [0.25, 0.3) is 0 Å². The lowest BCUT2D eigenvalue weighted by molar-refractivity contribution is -0.159. The summed E-state index contributed by atoms with van der Waals surface area (Å²) in [6.45, 7) is 2.90. The van der Waals surface area contributed by atoms with Crippen LogP contribution in [-0.2, 0) is 4.79 Å². The van der Waals surface area contributed by atoms with Crippen LogP contribution in [-0.4, -0.2) is 65.2 Å². The molecule has 7 heteroatoms. The molecule has 2 aliphatic heterocycles. The van der Waals surface area contributed by atoms with E-state index in [0.717, 1.165) is 23.1 Å². The summed E-state index contributed by atoms with van der Waals surface area (Å²) in [5.74, 6) is 5.59. The number of carbonyl (C=O) groups is 2. The van der Waals surface area contributed by atoms with Crippen molar-refractivity contribution in [2.75, 3.05) is 26.2 Å². The van der Waals surface area contributed by atoms with Crippen LogP contribution < -0.4 is 5.32 Å². The number of halogens is 1. The van der Waals surface area contributed by atoms with Gasteiger partial charge in [0, 0.05) is 30.1 Å². The maximum atomic E-state index is 13.0. The first kappa shape index (κ1) is 21.8. The van der Waals surface area contributed by atoms with Crippen molar-refractivity contribution in [3.8, 4) is 11.8 Å². The highest BCUT2D eigenvalue weighted by Gasteiger charge is 2.54. The lowest BCUT2D eigenvalue weighted by Crippen LogP contribution is -2.73. The SMILES string of the molecule is CCCNC(=O)N1CC(=O)N2[C@H](C1)[C@H](c1ccc(C#Cc3ccc(F)cc3)cc1)[C@@H]2CO. The number of nitrogens with zero attached hydrogens (tertiary/aromatic N) is 2. The van der Waals surface area contributed by atoms with E-state index in [9.17, 15) is 19.1 Å². The standard InChI is InChI=1S/C25H26FN3O3/c1-2-13-27-25(32)28-14-21-24(22(16-30)29(21)23(31)15-28)19-9-5-17(6-10-19)3-4-18-7-11-20(26)12-8-18/h5-12,21-22,24,30H,2,13-16H2,1H3,(H,27,32)/t21-,22+,24+/m1/s1. The quantitative estimate of drug-likeness (QED) is 0.724. The second-order valence-electron chi connectivity index (χ2n) is 8.14. The van der Waals surface area contributed by atoms with Crippen LogP contribution in [0.2, 0.25) is 0 Å². The van der Waals surface area contributed by atoms with E-state index in [0.29, 0.717) is 13.1 Å². The average molecular weight is 435 g/mol. The lowest BCUT2D eigenvalue weighted by Gasteiger charge is -2.58. The topological polar surface area (TPSA) is 72.9 Å². The molecule has 2 fully saturated rings. The number of benzene rings is 2. The molecule has 2 N–H and O–H groups in total. The number of aliphatic hydroxyl groups excluding tert-OH is 1. The number of urea groups is 1. The van der Waals surface area contributed by atoms with Crippen LogP contribution >= 0.6 is 0 Å². The van der Waals surface area contributed by atoms with Crippen LogP contribution in [0.3, 0.4) is 0 Å². The minimum Gasteiger partial charge on any atom is -0.394 e. The van der Waals surface area contributed by atoms with Gasteiger partial charge in [-0.1, -0.05) is 30.9 Å². The van der Waals surface area contributed by atoms with Gasteiger partial charge in [-0.25, -0.2) is 9.18 Å². The summed E-state index contributed by atoms with van der Waals surface area (Å²) >= 11 is 0. The minimum absolute atomic E-state index is 0.0349. The molecule has 0 spiro atoms. The van der Waals surface area contributed by atoms with Gasteiger partial charge in [0.05, 0.1) is 18.7 Å². The summed E-state index contributed by atoms with van der Waals surface area (Å²) in [6.07, 6.45) is 0.828. The molecule has 2 aromatic rings. The Kier molecular flexibility index (Phi) is 6.42. The lowest BCUT2D eigenvalue weighted by atomic mass is 9.73. The van der Waals surface area contributed by atoms with E-state index in [1.807, 2.05) is 31.2 Å². The van der Waals surface area contributed by atoms with Crippen LogP contribution in [0.25, 0.3) is 0 Å². The molecule has 0 bridgehead atoms. The second-order valence-corrected chi connectivity index (χ2v) is 8.14. The molecule has 2 saturated heterocycles. The predicted octanol–water partition coefficient (Wildman–Crippen LogP) is 2.32. The number of rotatable bonds is 4. The minimum atomic E-state index is -0.296. The highest BCUT2D eigenvalue weighted by atomic mass is 19.1. The van der Waals surface area contributed by atoms with E-state index in [1.165, 1.54) is 12.1 Å². The van der Waals surface area contributed by atoms with Gasteiger partial charge < -0.3 is 20.2 Å². The Bertz CT molecular complexity index is 1040. The molecule has 3 atom stereocenters. The van der Waals surface area contributed by atoms with Crippen LogP contribution in [0.5, 0.6) is 0 Å². The highest BCUT2D eigenvalue weighted by Crippen LogP contribution is 2.42. The first-order valence-corrected chi connectivity index (χ1v) is 10.8. The molecular formula is C25H26FN3O3. The fourth-order valence-corrected chi connectivity index (χ4v) is 4.46. The van der Waals surface area contributed by atoms with Gasteiger partial charge >= 0.3 is 6.03 Å². The Morgan fingerprint density at radius 1 is 1.12 bits per heavy atom. The Morgan fingerprint density at radius 2 is 1.75 bits per heavy atom. The number of hydrogen-bond acceptors (Lipinski definition) is 3. The normalized spacial score (nSPS) is 21.8. The number of aliphatic hydroxyl groups is 1. The van der Waals surface area contributed by atoms with Gasteiger partial charge in [-0.15, -0.1) is 0 Å². The van der Waals surface area contributed by atoms with Crippen molar-refractivity contribution >= 4 is 11.9 Å². The van der Waals surface area contributed by atoms with Crippen molar-refractivity contribution in [3.63, 3.8) is 0 Å². The van der Waals surface area contributed by atoms with Crippen molar-refractivity contribution in [2.24, 2.45) is 0 Å². The van der Waals surface area contributed by atoms with Gasteiger partial charge in [-0.3, -0.25) is 4.79 Å². The Labute approximate surface area is 187 Å². The van der Waals surface area contributed by atoms with E-state index in [2.05, 4.69) is 17.2 Å². The predicted molar refractivity (Wildman–Crippen MR) is 118 cm³/mol. The summed E-state index contributed by atoms with van der Waals surface area (Å²) in [4.78, 5) is 28.3. The number of amides is 3. The number of piperazine rings is 1. The van der Waals surface area contributed by atoms with Crippen LogP contribution in [0.4, 0.5) is 9.18 Å². The zero-order chi connectivity index (χ0) is 22.7. The maximum absolute atomic E-state index is 13.0. The van der Waals surface area contributed by atoms with Gasteiger partial charge in [0.15, 0.2) is 0 Å². The molecule has 0 aromatic heterocycles. The molecule has 0 radical (unpaired) electrons. The maximum Gasteiger partial charge on any atom is 0.317 e. The molecule has 4 rings (SSSR count). The molecule has 0 aliphatic carbocycles. The Hall–Kier alpha value is -3.37. The number of hydrogen-bond donors (Lipinski definition) is 2.